The summed E-state index contributed by atoms with van der Waals surface area (Å²) >= 11 is 0. The van der Waals surface area contributed by atoms with Gasteiger partial charge in [0.05, 0.1) is 18.8 Å². The number of nitrogens with two attached hydrogens (primary N) is 1. The van der Waals surface area contributed by atoms with Gasteiger partial charge >= 0.3 is 0 Å². The fourth-order valence-electron chi connectivity index (χ4n) is 2.26. The molecule has 1 aromatic heterocycles. The second kappa shape index (κ2) is 7.64. The normalized spacial score (nSPS) is 12.1. The third-order valence-electron chi connectivity index (χ3n) is 3.52. The van der Waals surface area contributed by atoms with Gasteiger partial charge in [0.1, 0.15) is 5.76 Å². The molecule has 112 valence electrons. The van der Waals surface area contributed by atoms with E-state index in [1.807, 2.05) is 37.3 Å². The van der Waals surface area contributed by atoms with Crippen LogP contribution in [0.15, 0.2) is 53.1 Å². The first-order valence-corrected chi connectivity index (χ1v) is 7.31. The molecule has 0 aliphatic heterocycles. The summed E-state index contributed by atoms with van der Waals surface area (Å²) in [5.74, 6) is 0.755. The van der Waals surface area contributed by atoms with Crippen LogP contribution in [0.25, 0.3) is 0 Å². The summed E-state index contributed by atoms with van der Waals surface area (Å²) in [6.45, 7) is 3.05. The smallest absolute Gasteiger partial charge is 0.239 e. The predicted molar refractivity (Wildman–Crippen MR) is 82.5 cm³/mol. The van der Waals surface area contributed by atoms with E-state index < -0.39 is 6.04 Å². The molecule has 1 atom stereocenters. The van der Waals surface area contributed by atoms with Crippen LogP contribution < -0.4 is 5.73 Å². The first kappa shape index (κ1) is 15.3. The number of rotatable bonds is 7. The lowest BCUT2D eigenvalue weighted by atomic mass is 10.0. The number of benzene rings is 1. The average Bonchev–Trinajstić information content (AvgIpc) is 3.03. The van der Waals surface area contributed by atoms with Gasteiger partial charge in [-0.1, -0.05) is 30.3 Å². The van der Waals surface area contributed by atoms with Gasteiger partial charge < -0.3 is 15.1 Å². The van der Waals surface area contributed by atoms with E-state index in [2.05, 4.69) is 12.1 Å². The lowest BCUT2D eigenvalue weighted by Crippen LogP contribution is -2.43. The highest BCUT2D eigenvalue weighted by atomic mass is 16.3. The van der Waals surface area contributed by atoms with Gasteiger partial charge in [0.25, 0.3) is 0 Å². The zero-order valence-corrected chi connectivity index (χ0v) is 12.4. The second-order valence-corrected chi connectivity index (χ2v) is 5.06. The summed E-state index contributed by atoms with van der Waals surface area (Å²) in [5.41, 5.74) is 7.25. The molecule has 2 rings (SSSR count). The third kappa shape index (κ3) is 4.46. The van der Waals surface area contributed by atoms with Crippen LogP contribution in [-0.4, -0.2) is 23.4 Å². The van der Waals surface area contributed by atoms with Crippen LogP contribution in [0.5, 0.6) is 0 Å². The highest BCUT2D eigenvalue weighted by Crippen LogP contribution is 2.09. The maximum absolute atomic E-state index is 12.4. The fraction of sp³-hybridized carbons (Fsp3) is 0.353. The van der Waals surface area contributed by atoms with Crippen LogP contribution in [0.4, 0.5) is 0 Å². The number of furan rings is 1. The summed E-state index contributed by atoms with van der Waals surface area (Å²) in [5, 5.41) is 0. The molecule has 0 radical (unpaired) electrons. The molecular formula is C17H22N2O2. The molecular weight excluding hydrogens is 264 g/mol. The van der Waals surface area contributed by atoms with E-state index >= 15 is 0 Å². The van der Waals surface area contributed by atoms with Crippen molar-refractivity contribution in [1.82, 2.24) is 4.90 Å². The summed E-state index contributed by atoms with van der Waals surface area (Å²) in [6.07, 6.45) is 3.08. The monoisotopic (exact) mass is 286 g/mol. The highest BCUT2D eigenvalue weighted by molar-refractivity contribution is 5.81. The van der Waals surface area contributed by atoms with E-state index in [4.69, 9.17) is 10.2 Å². The van der Waals surface area contributed by atoms with Gasteiger partial charge in [0.15, 0.2) is 0 Å². The first-order chi connectivity index (χ1) is 10.2. The molecule has 4 nitrogen and oxygen atoms in total. The van der Waals surface area contributed by atoms with E-state index in [1.165, 1.54) is 5.56 Å². The fourth-order valence-corrected chi connectivity index (χ4v) is 2.26. The molecule has 0 fully saturated rings. The SMILES string of the molecule is CCN(Cc1ccco1)C(=O)C(N)CCc1ccccc1. The van der Waals surface area contributed by atoms with Gasteiger partial charge in [-0.05, 0) is 37.5 Å². The molecule has 2 aromatic rings. The molecule has 0 bridgehead atoms. The van der Waals surface area contributed by atoms with Crippen LogP contribution >= 0.6 is 0 Å². The minimum atomic E-state index is -0.472. The maximum atomic E-state index is 12.4. The van der Waals surface area contributed by atoms with E-state index in [1.54, 1.807) is 11.2 Å². The molecule has 1 heterocycles. The van der Waals surface area contributed by atoms with E-state index in [-0.39, 0.29) is 5.91 Å². The summed E-state index contributed by atoms with van der Waals surface area (Å²) in [6, 6.07) is 13.3. The Morgan fingerprint density at radius 2 is 2.00 bits per heavy atom. The topological polar surface area (TPSA) is 59.5 Å². The largest absolute Gasteiger partial charge is 0.467 e. The molecule has 0 spiro atoms. The second-order valence-electron chi connectivity index (χ2n) is 5.06. The number of hydrogen-bond acceptors (Lipinski definition) is 3. The van der Waals surface area contributed by atoms with Gasteiger partial charge in [-0.15, -0.1) is 0 Å². The van der Waals surface area contributed by atoms with Gasteiger partial charge in [-0.2, -0.15) is 0 Å². The minimum absolute atomic E-state index is 0.0233. The summed E-state index contributed by atoms with van der Waals surface area (Å²) in [7, 11) is 0. The van der Waals surface area contributed by atoms with E-state index in [0.29, 0.717) is 19.5 Å². The minimum Gasteiger partial charge on any atom is -0.467 e. The maximum Gasteiger partial charge on any atom is 0.239 e. The lowest BCUT2D eigenvalue weighted by molar-refractivity contribution is -0.133. The Bertz CT molecular complexity index is 537. The number of amides is 1. The zero-order valence-electron chi connectivity index (χ0n) is 12.4. The van der Waals surface area contributed by atoms with Crippen molar-refractivity contribution in [2.75, 3.05) is 6.54 Å². The Hall–Kier alpha value is -2.07. The van der Waals surface area contributed by atoms with E-state index in [0.717, 1.165) is 12.2 Å². The van der Waals surface area contributed by atoms with Gasteiger partial charge in [0.2, 0.25) is 5.91 Å². The molecule has 2 N–H and O–H groups in total. The number of aryl methyl sites for hydroxylation is 1. The molecule has 1 unspecified atom stereocenters. The van der Waals surface area contributed by atoms with Crippen molar-refractivity contribution in [1.29, 1.82) is 0 Å². The van der Waals surface area contributed by atoms with Crippen LogP contribution in [0.1, 0.15) is 24.7 Å². The Morgan fingerprint density at radius 1 is 1.24 bits per heavy atom. The lowest BCUT2D eigenvalue weighted by Gasteiger charge is -2.23. The number of carbonyl (C=O) groups excluding carboxylic acids is 1. The van der Waals surface area contributed by atoms with Crippen molar-refractivity contribution in [3.8, 4) is 0 Å². The Labute approximate surface area is 125 Å². The van der Waals surface area contributed by atoms with Crippen molar-refractivity contribution in [2.45, 2.75) is 32.4 Å². The highest BCUT2D eigenvalue weighted by Gasteiger charge is 2.20. The molecule has 0 saturated heterocycles. The Balaban J connectivity index is 1.87. The van der Waals surface area contributed by atoms with Crippen molar-refractivity contribution in [2.24, 2.45) is 5.73 Å². The molecule has 21 heavy (non-hydrogen) atoms. The standard InChI is InChI=1S/C17H22N2O2/c1-2-19(13-15-9-6-12-21-15)17(20)16(18)11-10-14-7-4-3-5-8-14/h3-9,12,16H,2,10-11,13,18H2,1H3. The number of carbonyl (C=O) groups is 1. The molecule has 1 aromatic carbocycles. The zero-order chi connectivity index (χ0) is 15.1. The van der Waals surface area contributed by atoms with Gasteiger partial charge in [-0.3, -0.25) is 4.79 Å². The molecule has 1 amide bonds. The van der Waals surface area contributed by atoms with Crippen LogP contribution in [0.3, 0.4) is 0 Å². The number of nitrogens with zero attached hydrogens (tertiary/aromatic N) is 1. The van der Waals surface area contributed by atoms with E-state index in [9.17, 15) is 4.79 Å². The number of hydrogen-bond donors (Lipinski definition) is 1. The Morgan fingerprint density at radius 3 is 2.62 bits per heavy atom. The van der Waals surface area contributed by atoms with Crippen molar-refractivity contribution in [3.63, 3.8) is 0 Å². The van der Waals surface area contributed by atoms with Crippen molar-refractivity contribution >= 4 is 5.91 Å². The molecule has 0 aliphatic rings. The third-order valence-corrected chi connectivity index (χ3v) is 3.52. The summed E-state index contributed by atoms with van der Waals surface area (Å²) in [4.78, 5) is 14.1. The van der Waals surface area contributed by atoms with Crippen LogP contribution in [0, 0.1) is 0 Å². The molecule has 0 aliphatic carbocycles. The van der Waals surface area contributed by atoms with Crippen LogP contribution in [0.2, 0.25) is 0 Å². The Kier molecular flexibility index (Phi) is 5.58. The molecule has 0 saturated carbocycles. The van der Waals surface area contributed by atoms with Crippen LogP contribution in [-0.2, 0) is 17.8 Å². The van der Waals surface area contributed by atoms with Crippen molar-refractivity contribution < 1.29 is 9.21 Å². The molecule has 4 heteroatoms. The van der Waals surface area contributed by atoms with Crippen molar-refractivity contribution in [3.05, 3.63) is 60.1 Å². The number of likely N-dealkylation sites (N-methyl/N-ethyl adjacent to an activating group) is 1. The first-order valence-electron chi connectivity index (χ1n) is 7.31. The summed E-state index contributed by atoms with van der Waals surface area (Å²) < 4.78 is 5.29. The predicted octanol–water partition coefficient (Wildman–Crippen LogP) is 2.59. The average molecular weight is 286 g/mol. The quantitative estimate of drug-likeness (QED) is 0.851. The van der Waals surface area contributed by atoms with Gasteiger partial charge in [-0.25, -0.2) is 0 Å². The van der Waals surface area contributed by atoms with Gasteiger partial charge in [0, 0.05) is 6.54 Å².